The van der Waals surface area contributed by atoms with E-state index in [1.807, 2.05) is 6.08 Å². The predicted molar refractivity (Wildman–Crippen MR) is 71.7 cm³/mol. The SMILES string of the molecule is C=CCCCCCCC(Cl)CCCCC. The summed E-state index contributed by atoms with van der Waals surface area (Å²) in [5.74, 6) is 0. The second-order valence-electron chi connectivity index (χ2n) is 4.37. The van der Waals surface area contributed by atoms with E-state index in [9.17, 15) is 0 Å². The van der Waals surface area contributed by atoms with Gasteiger partial charge in [0.1, 0.15) is 0 Å². The topological polar surface area (TPSA) is 0 Å². The van der Waals surface area contributed by atoms with Crippen molar-refractivity contribution >= 4 is 11.6 Å². The first-order valence-electron chi connectivity index (χ1n) is 6.56. The third-order valence-corrected chi connectivity index (χ3v) is 3.23. The first-order valence-corrected chi connectivity index (χ1v) is 6.99. The van der Waals surface area contributed by atoms with Gasteiger partial charge in [0.2, 0.25) is 0 Å². The predicted octanol–water partition coefficient (Wildman–Crippen LogP) is 5.70. The highest BCUT2D eigenvalue weighted by molar-refractivity contribution is 6.20. The fraction of sp³-hybridized carbons (Fsp3) is 0.857. The van der Waals surface area contributed by atoms with Gasteiger partial charge in [-0.3, -0.25) is 0 Å². The largest absolute Gasteiger partial charge is 0.123 e. The molecule has 0 saturated carbocycles. The van der Waals surface area contributed by atoms with Crippen LogP contribution in [0.5, 0.6) is 0 Å². The molecule has 0 fully saturated rings. The molecule has 15 heavy (non-hydrogen) atoms. The van der Waals surface area contributed by atoms with Gasteiger partial charge in [-0.05, 0) is 25.7 Å². The number of allylic oxidation sites excluding steroid dienone is 1. The average molecular weight is 231 g/mol. The van der Waals surface area contributed by atoms with Crippen LogP contribution in [-0.4, -0.2) is 5.38 Å². The van der Waals surface area contributed by atoms with E-state index in [1.165, 1.54) is 64.2 Å². The molecule has 0 amide bonds. The highest BCUT2D eigenvalue weighted by Crippen LogP contribution is 2.16. The Kier molecular flexibility index (Phi) is 12.1. The minimum absolute atomic E-state index is 0.427. The fourth-order valence-electron chi connectivity index (χ4n) is 1.77. The summed E-state index contributed by atoms with van der Waals surface area (Å²) in [7, 11) is 0. The number of rotatable bonds is 11. The van der Waals surface area contributed by atoms with Crippen LogP contribution in [-0.2, 0) is 0 Å². The minimum Gasteiger partial charge on any atom is -0.123 e. The molecule has 1 atom stereocenters. The first kappa shape index (κ1) is 15.0. The molecule has 0 aromatic heterocycles. The van der Waals surface area contributed by atoms with E-state index in [1.54, 1.807) is 0 Å². The van der Waals surface area contributed by atoms with Gasteiger partial charge in [0.15, 0.2) is 0 Å². The van der Waals surface area contributed by atoms with Crippen molar-refractivity contribution in [1.82, 2.24) is 0 Å². The molecule has 0 nitrogen and oxygen atoms in total. The third-order valence-electron chi connectivity index (χ3n) is 2.80. The van der Waals surface area contributed by atoms with Crippen LogP contribution in [0.2, 0.25) is 0 Å². The maximum atomic E-state index is 6.24. The summed E-state index contributed by atoms with van der Waals surface area (Å²) < 4.78 is 0. The molecule has 1 unspecified atom stereocenters. The molecule has 0 rings (SSSR count). The van der Waals surface area contributed by atoms with E-state index in [-0.39, 0.29) is 0 Å². The molecule has 0 radical (unpaired) electrons. The summed E-state index contributed by atoms with van der Waals surface area (Å²) in [6.07, 6.45) is 14.8. The Morgan fingerprint density at radius 2 is 1.60 bits per heavy atom. The van der Waals surface area contributed by atoms with Crippen molar-refractivity contribution in [2.45, 2.75) is 76.5 Å². The van der Waals surface area contributed by atoms with Gasteiger partial charge in [-0.2, -0.15) is 0 Å². The van der Waals surface area contributed by atoms with Gasteiger partial charge in [0, 0.05) is 5.38 Å². The Morgan fingerprint density at radius 1 is 1.00 bits per heavy atom. The van der Waals surface area contributed by atoms with Gasteiger partial charge in [-0.15, -0.1) is 18.2 Å². The van der Waals surface area contributed by atoms with Crippen molar-refractivity contribution in [3.8, 4) is 0 Å². The summed E-state index contributed by atoms with van der Waals surface area (Å²) in [4.78, 5) is 0. The van der Waals surface area contributed by atoms with Crippen LogP contribution >= 0.6 is 11.6 Å². The van der Waals surface area contributed by atoms with E-state index >= 15 is 0 Å². The third kappa shape index (κ3) is 12.0. The molecule has 0 heterocycles. The Bertz CT molecular complexity index is 131. The van der Waals surface area contributed by atoms with Crippen molar-refractivity contribution in [3.05, 3.63) is 12.7 Å². The summed E-state index contributed by atoms with van der Waals surface area (Å²) in [5, 5.41) is 0.427. The highest BCUT2D eigenvalue weighted by Gasteiger charge is 2.03. The Balaban J connectivity index is 3.09. The van der Waals surface area contributed by atoms with Gasteiger partial charge < -0.3 is 0 Å². The van der Waals surface area contributed by atoms with Crippen LogP contribution in [0.1, 0.15) is 71.1 Å². The summed E-state index contributed by atoms with van der Waals surface area (Å²) in [5.41, 5.74) is 0. The number of unbranched alkanes of at least 4 members (excludes halogenated alkanes) is 6. The monoisotopic (exact) mass is 230 g/mol. The molecule has 0 aliphatic heterocycles. The van der Waals surface area contributed by atoms with Crippen molar-refractivity contribution in [3.63, 3.8) is 0 Å². The molecule has 0 aliphatic rings. The lowest BCUT2D eigenvalue weighted by Crippen LogP contribution is -1.98. The van der Waals surface area contributed by atoms with Crippen LogP contribution in [0.25, 0.3) is 0 Å². The lowest BCUT2D eigenvalue weighted by atomic mass is 10.1. The van der Waals surface area contributed by atoms with Crippen molar-refractivity contribution < 1.29 is 0 Å². The second-order valence-corrected chi connectivity index (χ2v) is 4.99. The molecular weight excluding hydrogens is 204 g/mol. The van der Waals surface area contributed by atoms with Crippen molar-refractivity contribution in [2.75, 3.05) is 0 Å². The van der Waals surface area contributed by atoms with Crippen LogP contribution in [0.3, 0.4) is 0 Å². The lowest BCUT2D eigenvalue weighted by Gasteiger charge is -2.08. The Morgan fingerprint density at radius 3 is 2.20 bits per heavy atom. The van der Waals surface area contributed by atoms with Gasteiger partial charge in [0.25, 0.3) is 0 Å². The molecule has 0 bridgehead atoms. The number of hydrogen-bond donors (Lipinski definition) is 0. The standard InChI is InChI=1S/C14H27Cl/c1-3-5-7-8-9-11-13-14(15)12-10-6-4-2/h3,14H,1,4-13H2,2H3. The normalized spacial score (nSPS) is 12.7. The van der Waals surface area contributed by atoms with Crippen LogP contribution in [0.4, 0.5) is 0 Å². The zero-order valence-electron chi connectivity index (χ0n) is 10.3. The fourth-order valence-corrected chi connectivity index (χ4v) is 2.08. The average Bonchev–Trinajstić information content (AvgIpc) is 2.23. The van der Waals surface area contributed by atoms with Gasteiger partial charge >= 0.3 is 0 Å². The number of alkyl halides is 1. The maximum Gasteiger partial charge on any atom is 0.0336 e. The molecule has 0 N–H and O–H groups in total. The van der Waals surface area contributed by atoms with Gasteiger partial charge in [-0.1, -0.05) is 51.5 Å². The van der Waals surface area contributed by atoms with E-state index < -0.39 is 0 Å². The molecule has 1 heteroatoms. The molecule has 0 aromatic carbocycles. The summed E-state index contributed by atoms with van der Waals surface area (Å²) in [6, 6.07) is 0. The quantitative estimate of drug-likeness (QED) is 0.243. The summed E-state index contributed by atoms with van der Waals surface area (Å²) in [6.45, 7) is 5.97. The Labute approximate surface area is 101 Å². The minimum atomic E-state index is 0.427. The molecule has 0 saturated heterocycles. The van der Waals surface area contributed by atoms with E-state index in [2.05, 4.69) is 13.5 Å². The molecule has 0 spiro atoms. The van der Waals surface area contributed by atoms with E-state index in [0.717, 1.165) is 0 Å². The molecule has 90 valence electrons. The van der Waals surface area contributed by atoms with Gasteiger partial charge in [-0.25, -0.2) is 0 Å². The zero-order valence-corrected chi connectivity index (χ0v) is 11.1. The smallest absolute Gasteiger partial charge is 0.0336 e. The van der Waals surface area contributed by atoms with Gasteiger partial charge in [0.05, 0.1) is 0 Å². The number of hydrogen-bond acceptors (Lipinski definition) is 0. The lowest BCUT2D eigenvalue weighted by molar-refractivity contribution is 0.563. The first-order chi connectivity index (χ1) is 7.31. The number of halogens is 1. The van der Waals surface area contributed by atoms with Crippen molar-refractivity contribution in [2.24, 2.45) is 0 Å². The maximum absolute atomic E-state index is 6.24. The van der Waals surface area contributed by atoms with Crippen LogP contribution in [0, 0.1) is 0 Å². The van der Waals surface area contributed by atoms with Crippen LogP contribution in [0.15, 0.2) is 12.7 Å². The summed E-state index contributed by atoms with van der Waals surface area (Å²) >= 11 is 6.24. The van der Waals surface area contributed by atoms with E-state index in [0.29, 0.717) is 5.38 Å². The van der Waals surface area contributed by atoms with Crippen LogP contribution < -0.4 is 0 Å². The molecule has 0 aromatic rings. The second kappa shape index (κ2) is 12.1. The highest BCUT2D eigenvalue weighted by atomic mass is 35.5. The van der Waals surface area contributed by atoms with E-state index in [4.69, 9.17) is 11.6 Å². The molecule has 0 aliphatic carbocycles. The van der Waals surface area contributed by atoms with Crippen molar-refractivity contribution in [1.29, 1.82) is 0 Å². The Hall–Kier alpha value is 0.0300. The zero-order chi connectivity index (χ0) is 11.4. The molecular formula is C14H27Cl.